The van der Waals surface area contributed by atoms with Crippen molar-refractivity contribution in [2.45, 2.75) is 0 Å². The number of ketones is 2. The van der Waals surface area contributed by atoms with Gasteiger partial charge in [0.25, 0.3) is 0 Å². The lowest BCUT2D eigenvalue weighted by Gasteiger charge is -2.18. The first kappa shape index (κ1) is 11.3. The number of phenols is 2. The molecule has 0 aromatic heterocycles. The van der Waals surface area contributed by atoms with Crippen LogP contribution in [0.15, 0.2) is 30.3 Å². The number of benzene rings is 2. The molecular formula is C14H9NO4. The van der Waals surface area contributed by atoms with Crippen LogP contribution < -0.4 is 5.73 Å². The molecule has 1 aliphatic rings. The molecule has 5 nitrogen and oxygen atoms in total. The zero-order valence-corrected chi connectivity index (χ0v) is 9.68. The number of hydrogen-bond acceptors (Lipinski definition) is 5. The summed E-state index contributed by atoms with van der Waals surface area (Å²) in [5, 5.41) is 18.9. The van der Waals surface area contributed by atoms with Gasteiger partial charge in [-0.25, -0.2) is 0 Å². The van der Waals surface area contributed by atoms with Gasteiger partial charge in [-0.15, -0.1) is 0 Å². The van der Waals surface area contributed by atoms with Gasteiger partial charge in [0.1, 0.15) is 0 Å². The van der Waals surface area contributed by atoms with Crippen LogP contribution in [-0.4, -0.2) is 21.8 Å². The Morgan fingerprint density at radius 2 is 1.21 bits per heavy atom. The first-order valence-corrected chi connectivity index (χ1v) is 5.54. The Kier molecular flexibility index (Phi) is 2.13. The van der Waals surface area contributed by atoms with Gasteiger partial charge >= 0.3 is 0 Å². The summed E-state index contributed by atoms with van der Waals surface area (Å²) in [5.74, 6) is -1.64. The van der Waals surface area contributed by atoms with E-state index in [1.165, 1.54) is 18.2 Å². The van der Waals surface area contributed by atoms with Crippen molar-refractivity contribution in [3.05, 3.63) is 52.6 Å². The summed E-state index contributed by atoms with van der Waals surface area (Å²) in [4.78, 5) is 24.5. The van der Waals surface area contributed by atoms with E-state index < -0.39 is 17.3 Å². The van der Waals surface area contributed by atoms with E-state index in [9.17, 15) is 19.8 Å². The van der Waals surface area contributed by atoms with Gasteiger partial charge in [-0.05, 0) is 30.3 Å². The summed E-state index contributed by atoms with van der Waals surface area (Å²) >= 11 is 0. The van der Waals surface area contributed by atoms with Gasteiger partial charge in [-0.1, -0.05) is 0 Å². The smallest absolute Gasteiger partial charge is 0.194 e. The molecule has 0 aliphatic heterocycles. The van der Waals surface area contributed by atoms with Gasteiger partial charge in [0, 0.05) is 27.9 Å². The highest BCUT2D eigenvalue weighted by atomic mass is 16.3. The predicted molar refractivity (Wildman–Crippen MR) is 67.5 cm³/mol. The number of nitrogens with two attached hydrogens (primary N) is 1. The lowest BCUT2D eigenvalue weighted by Crippen LogP contribution is -2.21. The maximum Gasteiger partial charge on any atom is 0.194 e. The van der Waals surface area contributed by atoms with Crippen molar-refractivity contribution >= 4 is 17.3 Å². The summed E-state index contributed by atoms with van der Waals surface area (Å²) in [5.41, 5.74) is 6.60. The number of rotatable bonds is 0. The maximum atomic E-state index is 12.3. The topological polar surface area (TPSA) is 101 Å². The van der Waals surface area contributed by atoms with Crippen molar-refractivity contribution < 1.29 is 19.8 Å². The van der Waals surface area contributed by atoms with Gasteiger partial charge in [0.05, 0.1) is 0 Å². The van der Waals surface area contributed by atoms with E-state index in [4.69, 9.17) is 5.73 Å². The van der Waals surface area contributed by atoms with Crippen molar-refractivity contribution in [1.29, 1.82) is 0 Å². The summed E-state index contributed by atoms with van der Waals surface area (Å²) in [6.45, 7) is 0. The van der Waals surface area contributed by atoms with Crippen molar-refractivity contribution in [3.63, 3.8) is 0 Å². The minimum atomic E-state index is -0.438. The van der Waals surface area contributed by atoms with E-state index in [0.717, 1.165) is 12.1 Å². The summed E-state index contributed by atoms with van der Waals surface area (Å²) in [7, 11) is 0. The second-order valence-corrected chi connectivity index (χ2v) is 4.35. The van der Waals surface area contributed by atoms with E-state index in [0.29, 0.717) is 5.69 Å². The molecule has 2 aromatic rings. The number of carbonyl (C=O) groups is 2. The highest BCUT2D eigenvalue weighted by molar-refractivity contribution is 6.28. The Hall–Kier alpha value is -2.82. The largest absolute Gasteiger partial charge is 0.504 e. The standard InChI is InChI=1S/C14H9NO4/c15-6-1-2-7-8(3-6)14(19)10-5-12(17)11(16)4-9(10)13(7)18/h1-5,16-17H,15H2. The quantitative estimate of drug-likeness (QED) is 0.417. The van der Waals surface area contributed by atoms with E-state index in [1.54, 1.807) is 0 Å². The molecule has 0 fully saturated rings. The molecule has 4 N–H and O–H groups in total. The first-order chi connectivity index (χ1) is 8.99. The maximum absolute atomic E-state index is 12.3. The van der Waals surface area contributed by atoms with Gasteiger partial charge in [-0.2, -0.15) is 0 Å². The molecule has 19 heavy (non-hydrogen) atoms. The molecule has 2 aromatic carbocycles. The lowest BCUT2D eigenvalue weighted by molar-refractivity contribution is 0.0978. The molecule has 0 saturated carbocycles. The Labute approximate surface area is 107 Å². The van der Waals surface area contributed by atoms with Crippen LogP contribution in [0.4, 0.5) is 5.69 Å². The molecule has 0 saturated heterocycles. The zero-order valence-electron chi connectivity index (χ0n) is 9.68. The van der Waals surface area contributed by atoms with Crippen LogP contribution in [0.25, 0.3) is 0 Å². The molecular weight excluding hydrogens is 246 g/mol. The average Bonchev–Trinajstić information content (AvgIpc) is 2.38. The van der Waals surface area contributed by atoms with Crippen molar-refractivity contribution in [1.82, 2.24) is 0 Å². The van der Waals surface area contributed by atoms with E-state index in [2.05, 4.69) is 0 Å². The molecule has 0 atom stereocenters. The van der Waals surface area contributed by atoms with Crippen molar-refractivity contribution in [2.24, 2.45) is 0 Å². The third kappa shape index (κ3) is 1.48. The van der Waals surface area contributed by atoms with Crippen LogP contribution in [0.5, 0.6) is 11.5 Å². The molecule has 0 radical (unpaired) electrons. The number of hydrogen-bond donors (Lipinski definition) is 3. The van der Waals surface area contributed by atoms with Crippen molar-refractivity contribution in [3.8, 4) is 11.5 Å². The molecule has 0 unspecified atom stereocenters. The van der Waals surface area contributed by atoms with Crippen LogP contribution in [0.2, 0.25) is 0 Å². The normalized spacial score (nSPS) is 13.1. The van der Waals surface area contributed by atoms with Crippen LogP contribution in [-0.2, 0) is 0 Å². The van der Waals surface area contributed by atoms with Gasteiger partial charge in [-0.3, -0.25) is 9.59 Å². The molecule has 5 heteroatoms. The number of carbonyl (C=O) groups excluding carboxylic acids is 2. The molecule has 1 aliphatic carbocycles. The number of phenolic OH excluding ortho intramolecular Hbond substituents is 2. The van der Waals surface area contributed by atoms with Crippen LogP contribution in [0.1, 0.15) is 31.8 Å². The fourth-order valence-electron chi connectivity index (χ4n) is 2.19. The highest BCUT2D eigenvalue weighted by Crippen LogP contribution is 2.35. The van der Waals surface area contributed by atoms with Gasteiger partial charge < -0.3 is 15.9 Å². The molecule has 94 valence electrons. The average molecular weight is 255 g/mol. The fourth-order valence-corrected chi connectivity index (χ4v) is 2.19. The Morgan fingerprint density at radius 1 is 0.737 bits per heavy atom. The molecule has 0 spiro atoms. The lowest BCUT2D eigenvalue weighted by atomic mass is 9.83. The van der Waals surface area contributed by atoms with Gasteiger partial charge in [0.15, 0.2) is 23.1 Å². The Balaban J connectivity index is 2.32. The first-order valence-electron chi connectivity index (χ1n) is 5.54. The highest BCUT2D eigenvalue weighted by Gasteiger charge is 2.30. The minimum absolute atomic E-state index is 0.0680. The molecule has 0 bridgehead atoms. The van der Waals surface area contributed by atoms with Crippen LogP contribution in [0.3, 0.4) is 0 Å². The zero-order chi connectivity index (χ0) is 13.7. The SMILES string of the molecule is Nc1ccc2c(c1)C(=O)c1cc(O)c(O)cc1C2=O. The van der Waals surface area contributed by atoms with Crippen molar-refractivity contribution in [2.75, 3.05) is 5.73 Å². The predicted octanol–water partition coefficient (Wildman–Crippen LogP) is 1.46. The third-order valence-electron chi connectivity index (χ3n) is 3.14. The fraction of sp³-hybridized carbons (Fsp3) is 0. The molecule has 3 rings (SSSR count). The summed E-state index contributed by atoms with van der Waals surface area (Å²) in [6.07, 6.45) is 0. The third-order valence-corrected chi connectivity index (χ3v) is 3.14. The minimum Gasteiger partial charge on any atom is -0.504 e. The van der Waals surface area contributed by atoms with E-state index in [1.807, 2.05) is 0 Å². The second-order valence-electron chi connectivity index (χ2n) is 4.35. The Morgan fingerprint density at radius 3 is 1.79 bits per heavy atom. The second kappa shape index (κ2) is 3.58. The summed E-state index contributed by atoms with van der Waals surface area (Å²) < 4.78 is 0. The Bertz CT molecular complexity index is 749. The number of aromatic hydroxyl groups is 2. The number of fused-ring (bicyclic) bond motifs is 2. The number of anilines is 1. The van der Waals surface area contributed by atoms with E-state index in [-0.39, 0.29) is 28.0 Å². The molecule has 0 heterocycles. The van der Waals surface area contributed by atoms with Gasteiger partial charge in [0.2, 0.25) is 0 Å². The van der Waals surface area contributed by atoms with Crippen LogP contribution >= 0.6 is 0 Å². The van der Waals surface area contributed by atoms with Crippen LogP contribution in [0, 0.1) is 0 Å². The summed E-state index contributed by atoms with van der Waals surface area (Å²) in [6, 6.07) is 6.65. The monoisotopic (exact) mass is 255 g/mol. The van der Waals surface area contributed by atoms with E-state index >= 15 is 0 Å². The molecule has 0 amide bonds. The number of nitrogen functional groups attached to an aromatic ring is 1.